The van der Waals surface area contributed by atoms with Crippen LogP contribution in [-0.4, -0.2) is 15.6 Å². The highest BCUT2D eigenvalue weighted by Gasteiger charge is 2.05. The molecule has 0 saturated heterocycles. The van der Waals surface area contributed by atoms with Crippen molar-refractivity contribution >= 4 is 5.78 Å². The van der Waals surface area contributed by atoms with Gasteiger partial charge in [-0.3, -0.25) is 9.48 Å². The third kappa shape index (κ3) is 4.60. The number of ketones is 1. The lowest BCUT2D eigenvalue weighted by Crippen LogP contribution is -2.01. The molecule has 0 aliphatic rings. The van der Waals surface area contributed by atoms with E-state index in [2.05, 4.69) is 12.0 Å². The molecule has 0 N–H and O–H groups in total. The molecule has 90 valence electrons. The minimum Gasteiger partial charge on any atom is -0.299 e. The number of aryl methyl sites for hydroxylation is 1. The van der Waals surface area contributed by atoms with Gasteiger partial charge in [0.05, 0.1) is 6.20 Å². The van der Waals surface area contributed by atoms with Gasteiger partial charge in [-0.2, -0.15) is 5.10 Å². The highest BCUT2D eigenvalue weighted by atomic mass is 16.1. The zero-order chi connectivity index (χ0) is 11.8. The Kier molecular flexibility index (Phi) is 5.83. The van der Waals surface area contributed by atoms with Crippen LogP contribution in [0.25, 0.3) is 0 Å². The third-order valence-corrected chi connectivity index (χ3v) is 2.72. The van der Waals surface area contributed by atoms with E-state index in [4.69, 9.17) is 0 Å². The van der Waals surface area contributed by atoms with Gasteiger partial charge < -0.3 is 0 Å². The van der Waals surface area contributed by atoms with E-state index in [1.54, 1.807) is 6.20 Å². The molecule has 1 rings (SSSR count). The number of nitrogens with zero attached hydrogens (tertiary/aromatic N) is 2. The zero-order valence-corrected chi connectivity index (χ0v) is 10.4. The van der Waals surface area contributed by atoms with E-state index in [1.165, 1.54) is 19.3 Å². The molecule has 3 heteroatoms. The van der Waals surface area contributed by atoms with E-state index in [1.807, 2.05) is 17.8 Å². The first kappa shape index (κ1) is 12.9. The maximum Gasteiger partial charge on any atom is 0.137 e. The lowest BCUT2D eigenvalue weighted by atomic mass is 10.1. The van der Waals surface area contributed by atoms with Gasteiger partial charge in [0.25, 0.3) is 0 Å². The Hall–Kier alpha value is -1.12. The Morgan fingerprint density at radius 1 is 1.31 bits per heavy atom. The smallest absolute Gasteiger partial charge is 0.137 e. The van der Waals surface area contributed by atoms with Crippen LogP contribution in [0.2, 0.25) is 0 Å². The Morgan fingerprint density at radius 2 is 2.12 bits per heavy atom. The van der Waals surface area contributed by atoms with Crippen LogP contribution in [0.1, 0.15) is 51.5 Å². The van der Waals surface area contributed by atoms with Crippen LogP contribution in [0.3, 0.4) is 0 Å². The molecular formula is C13H22N2O. The lowest BCUT2D eigenvalue weighted by molar-refractivity contribution is -0.118. The minimum absolute atomic E-state index is 0.340. The SMILES string of the molecule is CCCCCCC(=O)Cc1cnn(CC)c1. The maximum atomic E-state index is 11.6. The van der Waals surface area contributed by atoms with Crippen molar-refractivity contribution in [3.8, 4) is 0 Å². The fourth-order valence-corrected chi connectivity index (χ4v) is 1.74. The van der Waals surface area contributed by atoms with Crippen LogP contribution >= 0.6 is 0 Å². The van der Waals surface area contributed by atoms with Gasteiger partial charge >= 0.3 is 0 Å². The lowest BCUT2D eigenvalue weighted by Gasteiger charge is -1.98. The molecule has 0 unspecified atom stereocenters. The summed E-state index contributed by atoms with van der Waals surface area (Å²) >= 11 is 0. The van der Waals surface area contributed by atoms with Crippen molar-refractivity contribution in [3.05, 3.63) is 18.0 Å². The average molecular weight is 222 g/mol. The van der Waals surface area contributed by atoms with Crippen LogP contribution in [0.15, 0.2) is 12.4 Å². The molecule has 0 aliphatic carbocycles. The van der Waals surface area contributed by atoms with Gasteiger partial charge in [-0.1, -0.05) is 26.2 Å². The van der Waals surface area contributed by atoms with Crippen molar-refractivity contribution in [1.82, 2.24) is 9.78 Å². The summed E-state index contributed by atoms with van der Waals surface area (Å²) < 4.78 is 1.86. The van der Waals surface area contributed by atoms with Crippen molar-refractivity contribution in [2.24, 2.45) is 0 Å². The molecule has 16 heavy (non-hydrogen) atoms. The Morgan fingerprint density at radius 3 is 2.75 bits per heavy atom. The molecule has 0 radical (unpaired) electrons. The van der Waals surface area contributed by atoms with Crippen molar-refractivity contribution < 1.29 is 4.79 Å². The quantitative estimate of drug-likeness (QED) is 0.634. The fraction of sp³-hybridized carbons (Fsp3) is 0.692. The first-order valence-electron chi connectivity index (χ1n) is 6.29. The number of aromatic nitrogens is 2. The first-order valence-corrected chi connectivity index (χ1v) is 6.29. The summed E-state index contributed by atoms with van der Waals surface area (Å²) in [6.07, 6.45) is 9.70. The Labute approximate surface area is 97.8 Å². The molecular weight excluding hydrogens is 200 g/mol. The minimum atomic E-state index is 0.340. The molecule has 1 aromatic heterocycles. The molecule has 1 aromatic rings. The predicted molar refractivity (Wildman–Crippen MR) is 65.4 cm³/mol. The van der Waals surface area contributed by atoms with E-state index in [9.17, 15) is 4.79 Å². The van der Waals surface area contributed by atoms with Gasteiger partial charge in [0, 0.05) is 25.6 Å². The summed E-state index contributed by atoms with van der Waals surface area (Å²) in [5.74, 6) is 0.340. The second kappa shape index (κ2) is 7.20. The summed E-state index contributed by atoms with van der Waals surface area (Å²) in [5.41, 5.74) is 1.04. The number of unbranched alkanes of at least 4 members (excludes halogenated alkanes) is 3. The van der Waals surface area contributed by atoms with Crippen molar-refractivity contribution in [3.63, 3.8) is 0 Å². The van der Waals surface area contributed by atoms with Crippen LogP contribution in [0, 0.1) is 0 Å². The maximum absolute atomic E-state index is 11.6. The molecule has 0 amide bonds. The normalized spacial score (nSPS) is 10.6. The highest BCUT2D eigenvalue weighted by Crippen LogP contribution is 2.06. The van der Waals surface area contributed by atoms with Crippen LogP contribution in [0.4, 0.5) is 0 Å². The van der Waals surface area contributed by atoms with E-state index in [0.717, 1.165) is 24.9 Å². The second-order valence-corrected chi connectivity index (χ2v) is 4.23. The molecule has 0 atom stereocenters. The summed E-state index contributed by atoms with van der Waals surface area (Å²) in [6.45, 7) is 5.09. The van der Waals surface area contributed by atoms with E-state index >= 15 is 0 Å². The summed E-state index contributed by atoms with van der Waals surface area (Å²) in [6, 6.07) is 0. The van der Waals surface area contributed by atoms with Crippen molar-refractivity contribution in [2.75, 3.05) is 0 Å². The second-order valence-electron chi connectivity index (χ2n) is 4.23. The fourth-order valence-electron chi connectivity index (χ4n) is 1.74. The zero-order valence-electron chi connectivity index (χ0n) is 10.4. The standard InChI is InChI=1S/C13H22N2O/c1-3-5-6-7-8-13(16)9-12-10-14-15(4-2)11-12/h10-11H,3-9H2,1-2H3. The number of hydrogen-bond donors (Lipinski definition) is 0. The monoisotopic (exact) mass is 222 g/mol. The van der Waals surface area contributed by atoms with Gasteiger partial charge in [0.1, 0.15) is 5.78 Å². The predicted octanol–water partition coefficient (Wildman–Crippen LogP) is 2.99. The van der Waals surface area contributed by atoms with Crippen molar-refractivity contribution in [1.29, 1.82) is 0 Å². The molecule has 0 bridgehead atoms. The summed E-state index contributed by atoms with van der Waals surface area (Å²) in [7, 11) is 0. The molecule has 0 spiro atoms. The number of rotatable bonds is 8. The Bertz CT molecular complexity index is 317. The van der Waals surface area contributed by atoms with E-state index < -0.39 is 0 Å². The molecule has 0 fully saturated rings. The molecule has 1 heterocycles. The third-order valence-electron chi connectivity index (χ3n) is 2.72. The molecule has 0 aromatic carbocycles. The number of carbonyl (C=O) groups excluding carboxylic acids is 1. The van der Waals surface area contributed by atoms with Gasteiger partial charge in [0.15, 0.2) is 0 Å². The average Bonchev–Trinajstić information content (AvgIpc) is 2.72. The topological polar surface area (TPSA) is 34.9 Å². The summed E-state index contributed by atoms with van der Waals surface area (Å²) in [5, 5.41) is 4.16. The number of Topliss-reactive ketones (excluding diaryl/α,β-unsaturated/α-hetero) is 1. The summed E-state index contributed by atoms with van der Waals surface area (Å²) in [4.78, 5) is 11.6. The van der Waals surface area contributed by atoms with E-state index in [-0.39, 0.29) is 0 Å². The van der Waals surface area contributed by atoms with Crippen LogP contribution < -0.4 is 0 Å². The van der Waals surface area contributed by atoms with Crippen molar-refractivity contribution in [2.45, 2.75) is 58.9 Å². The molecule has 0 saturated carbocycles. The van der Waals surface area contributed by atoms with Crippen LogP contribution in [-0.2, 0) is 17.8 Å². The Balaban J connectivity index is 2.23. The van der Waals surface area contributed by atoms with Gasteiger partial charge in [-0.25, -0.2) is 0 Å². The van der Waals surface area contributed by atoms with Gasteiger partial charge in [-0.05, 0) is 18.9 Å². The van der Waals surface area contributed by atoms with Crippen LogP contribution in [0.5, 0.6) is 0 Å². The van der Waals surface area contributed by atoms with E-state index in [0.29, 0.717) is 12.2 Å². The largest absolute Gasteiger partial charge is 0.299 e. The van der Waals surface area contributed by atoms with Gasteiger partial charge in [0.2, 0.25) is 0 Å². The molecule has 3 nitrogen and oxygen atoms in total. The first-order chi connectivity index (χ1) is 7.76. The molecule has 0 aliphatic heterocycles. The highest BCUT2D eigenvalue weighted by molar-refractivity contribution is 5.80. The number of hydrogen-bond acceptors (Lipinski definition) is 2. The van der Waals surface area contributed by atoms with Gasteiger partial charge in [-0.15, -0.1) is 0 Å². The number of carbonyl (C=O) groups is 1.